The number of ether oxygens (including phenoxy) is 2. The zero-order valence-electron chi connectivity index (χ0n) is 22.7. The van der Waals surface area contributed by atoms with Crippen LogP contribution in [0.4, 0.5) is 8.78 Å². The first-order chi connectivity index (χ1) is 18.0. The van der Waals surface area contributed by atoms with Crippen molar-refractivity contribution in [2.75, 3.05) is 6.61 Å². The van der Waals surface area contributed by atoms with Gasteiger partial charge in [-0.2, -0.15) is 4.39 Å². The molecule has 0 spiro atoms. The first kappa shape index (κ1) is 29.1. The van der Waals surface area contributed by atoms with Crippen LogP contribution >= 0.6 is 0 Å². The number of esters is 1. The van der Waals surface area contributed by atoms with Crippen LogP contribution in [0.25, 0.3) is 0 Å². The van der Waals surface area contributed by atoms with Gasteiger partial charge < -0.3 is 9.47 Å². The number of rotatable bonds is 15. The fourth-order valence-corrected chi connectivity index (χ4v) is 5.30. The minimum absolute atomic E-state index is 0.174. The molecule has 3 nitrogen and oxygen atoms in total. The summed E-state index contributed by atoms with van der Waals surface area (Å²) in [4.78, 5) is 12.5. The fraction of sp³-hybridized carbons (Fsp3) is 0.594. The third kappa shape index (κ3) is 9.12. The van der Waals surface area contributed by atoms with Crippen molar-refractivity contribution in [2.45, 2.75) is 110 Å². The summed E-state index contributed by atoms with van der Waals surface area (Å²) in [6.07, 6.45) is 16.7. The van der Waals surface area contributed by atoms with E-state index >= 15 is 0 Å². The molecule has 5 heteroatoms. The molecule has 2 aromatic carbocycles. The van der Waals surface area contributed by atoms with Crippen LogP contribution in [-0.2, 0) is 0 Å². The Morgan fingerprint density at radius 2 is 1.43 bits per heavy atom. The summed E-state index contributed by atoms with van der Waals surface area (Å²) < 4.78 is 39.9. The summed E-state index contributed by atoms with van der Waals surface area (Å²) in [7, 11) is 0. The lowest BCUT2D eigenvalue weighted by Crippen LogP contribution is -2.14. The molecule has 2 aromatic rings. The number of carbonyl (C=O) groups is 1. The molecule has 0 N–H and O–H groups in total. The topological polar surface area (TPSA) is 35.5 Å². The lowest BCUT2D eigenvalue weighted by molar-refractivity contribution is 0.0728. The number of hydrogen-bond acceptors (Lipinski definition) is 3. The number of halogens is 2. The number of carbonyl (C=O) groups excluding carboxylic acids is 1. The van der Waals surface area contributed by atoms with Crippen LogP contribution in [0.5, 0.6) is 11.5 Å². The highest BCUT2D eigenvalue weighted by atomic mass is 19.2. The van der Waals surface area contributed by atoms with Gasteiger partial charge in [-0.15, -0.1) is 0 Å². The molecule has 0 aliphatic heterocycles. The summed E-state index contributed by atoms with van der Waals surface area (Å²) in [5.41, 5.74) is 0.811. The van der Waals surface area contributed by atoms with Crippen molar-refractivity contribution < 1.29 is 23.0 Å². The highest BCUT2D eigenvalue weighted by Gasteiger charge is 2.23. The fourth-order valence-electron chi connectivity index (χ4n) is 5.30. The predicted molar refractivity (Wildman–Crippen MR) is 145 cm³/mol. The molecule has 204 valence electrons. The minimum Gasteiger partial charge on any atom is -0.490 e. The quantitative estimate of drug-likeness (QED) is 0.135. The molecule has 1 fully saturated rings. The van der Waals surface area contributed by atoms with Gasteiger partial charge in [0.25, 0.3) is 0 Å². The van der Waals surface area contributed by atoms with Gasteiger partial charge in [-0.05, 0) is 73.8 Å². The smallest absolute Gasteiger partial charge is 0.346 e. The Kier molecular flexibility index (Phi) is 12.4. The maximum atomic E-state index is 14.6. The van der Waals surface area contributed by atoms with Crippen molar-refractivity contribution in [1.82, 2.24) is 0 Å². The predicted octanol–water partition coefficient (Wildman–Crippen LogP) is 9.78. The van der Waals surface area contributed by atoms with Gasteiger partial charge in [0.15, 0.2) is 11.6 Å². The van der Waals surface area contributed by atoms with Crippen molar-refractivity contribution in [3.05, 3.63) is 59.2 Å². The molecule has 0 unspecified atom stereocenters. The van der Waals surface area contributed by atoms with E-state index in [0.29, 0.717) is 18.3 Å². The second-order valence-corrected chi connectivity index (χ2v) is 10.5. The van der Waals surface area contributed by atoms with E-state index < -0.39 is 23.2 Å². The van der Waals surface area contributed by atoms with Gasteiger partial charge in [-0.25, -0.2) is 9.18 Å². The summed E-state index contributed by atoms with van der Waals surface area (Å²) in [6.45, 7) is 4.73. The second-order valence-electron chi connectivity index (χ2n) is 10.5. The van der Waals surface area contributed by atoms with E-state index in [1.807, 2.05) is 12.1 Å². The molecule has 0 saturated heterocycles. The van der Waals surface area contributed by atoms with E-state index in [1.165, 1.54) is 88.3 Å². The highest BCUT2D eigenvalue weighted by Crippen LogP contribution is 2.38. The van der Waals surface area contributed by atoms with E-state index in [-0.39, 0.29) is 5.75 Å². The maximum absolute atomic E-state index is 14.6. The molecule has 1 saturated carbocycles. The Bertz CT molecular complexity index is 949. The maximum Gasteiger partial charge on any atom is 0.346 e. The average Bonchev–Trinajstić information content (AvgIpc) is 2.91. The Labute approximate surface area is 222 Å². The third-order valence-corrected chi connectivity index (χ3v) is 7.65. The van der Waals surface area contributed by atoms with Crippen LogP contribution in [0.15, 0.2) is 36.4 Å². The van der Waals surface area contributed by atoms with Crippen molar-refractivity contribution in [3.8, 4) is 11.5 Å². The lowest BCUT2D eigenvalue weighted by atomic mass is 9.77. The van der Waals surface area contributed by atoms with Gasteiger partial charge in [-0.3, -0.25) is 0 Å². The molecule has 0 heterocycles. The molecule has 0 amide bonds. The van der Waals surface area contributed by atoms with Crippen LogP contribution in [0.3, 0.4) is 0 Å². The molecule has 3 rings (SSSR count). The van der Waals surface area contributed by atoms with Crippen molar-refractivity contribution >= 4 is 5.97 Å². The normalized spacial score (nSPS) is 17.5. The zero-order chi connectivity index (χ0) is 26.5. The van der Waals surface area contributed by atoms with E-state index in [2.05, 4.69) is 13.8 Å². The Morgan fingerprint density at radius 3 is 2.14 bits per heavy atom. The molecule has 0 atom stereocenters. The number of unbranched alkanes of at least 4 members (excludes halogenated alkanes) is 7. The molecular formula is C32H44F2O3. The number of benzene rings is 2. The van der Waals surface area contributed by atoms with Gasteiger partial charge in [0, 0.05) is 0 Å². The Morgan fingerprint density at radius 1 is 0.784 bits per heavy atom. The summed E-state index contributed by atoms with van der Waals surface area (Å²) in [6, 6.07) is 9.99. The highest BCUT2D eigenvalue weighted by molar-refractivity contribution is 5.91. The van der Waals surface area contributed by atoms with E-state index in [1.54, 1.807) is 12.1 Å². The van der Waals surface area contributed by atoms with E-state index in [4.69, 9.17) is 9.47 Å². The van der Waals surface area contributed by atoms with E-state index in [9.17, 15) is 13.6 Å². The van der Waals surface area contributed by atoms with Crippen molar-refractivity contribution in [3.63, 3.8) is 0 Å². The van der Waals surface area contributed by atoms with E-state index in [0.717, 1.165) is 25.2 Å². The zero-order valence-corrected chi connectivity index (χ0v) is 22.7. The SMILES string of the molecule is CCCCCCCCOc1ccc(C(=O)Oc2ccc([C@H]3CC[C@H](CCCCC)CC3)cc2)c(F)c1F. The van der Waals surface area contributed by atoms with Crippen LogP contribution < -0.4 is 9.47 Å². The summed E-state index contributed by atoms with van der Waals surface area (Å²) >= 11 is 0. The second kappa shape index (κ2) is 15.7. The van der Waals surface area contributed by atoms with Crippen LogP contribution in [0.1, 0.15) is 126 Å². The Hall–Kier alpha value is -2.43. The molecule has 0 aromatic heterocycles. The van der Waals surface area contributed by atoms with Gasteiger partial charge in [0.1, 0.15) is 5.75 Å². The van der Waals surface area contributed by atoms with Crippen LogP contribution in [0.2, 0.25) is 0 Å². The standard InChI is InChI=1S/C32H44F2O3/c1-3-5-7-8-9-11-23-36-29-22-21-28(30(33)31(29)34)32(35)37-27-19-17-26(18-20-27)25-15-13-24(14-16-25)12-10-6-4-2/h17-22,24-25H,3-16,23H2,1-2H3/t24-,25-. The number of hydrogen-bond donors (Lipinski definition) is 0. The average molecular weight is 515 g/mol. The van der Waals surface area contributed by atoms with Gasteiger partial charge >= 0.3 is 5.97 Å². The first-order valence-corrected chi connectivity index (χ1v) is 14.5. The van der Waals surface area contributed by atoms with Gasteiger partial charge in [-0.1, -0.05) is 83.8 Å². The largest absolute Gasteiger partial charge is 0.490 e. The molecular weight excluding hydrogens is 470 g/mol. The van der Waals surface area contributed by atoms with Gasteiger partial charge in [0.2, 0.25) is 5.82 Å². The van der Waals surface area contributed by atoms with Crippen molar-refractivity contribution in [2.24, 2.45) is 5.92 Å². The molecule has 0 bridgehead atoms. The Balaban J connectivity index is 1.47. The van der Waals surface area contributed by atoms with Gasteiger partial charge in [0.05, 0.1) is 12.2 Å². The van der Waals surface area contributed by atoms with Crippen LogP contribution in [-0.4, -0.2) is 12.6 Å². The summed E-state index contributed by atoms with van der Waals surface area (Å²) in [5, 5.41) is 0. The first-order valence-electron chi connectivity index (χ1n) is 14.5. The third-order valence-electron chi connectivity index (χ3n) is 7.65. The molecule has 37 heavy (non-hydrogen) atoms. The summed E-state index contributed by atoms with van der Waals surface area (Å²) in [5.74, 6) is -1.77. The molecule has 0 radical (unpaired) electrons. The molecule has 1 aliphatic rings. The lowest BCUT2D eigenvalue weighted by Gasteiger charge is -2.29. The van der Waals surface area contributed by atoms with Crippen LogP contribution in [0, 0.1) is 17.6 Å². The van der Waals surface area contributed by atoms with Crippen molar-refractivity contribution in [1.29, 1.82) is 0 Å². The monoisotopic (exact) mass is 514 g/mol. The minimum atomic E-state index is -1.24. The molecule has 1 aliphatic carbocycles.